The van der Waals surface area contributed by atoms with Crippen molar-refractivity contribution in [3.8, 4) is 0 Å². The van der Waals surface area contributed by atoms with Gasteiger partial charge in [-0.2, -0.15) is 0 Å². The lowest BCUT2D eigenvalue weighted by molar-refractivity contribution is -0.111. The summed E-state index contributed by atoms with van der Waals surface area (Å²) < 4.78 is 0. The Morgan fingerprint density at radius 2 is 2.11 bits per heavy atom. The zero-order chi connectivity index (χ0) is 13.0. The lowest BCUT2D eigenvalue weighted by Gasteiger charge is -2.06. The lowest BCUT2D eigenvalue weighted by Crippen LogP contribution is -2.08. The quantitative estimate of drug-likeness (QED) is 0.827. The van der Waals surface area contributed by atoms with Crippen LogP contribution in [-0.4, -0.2) is 5.91 Å². The Morgan fingerprint density at radius 3 is 2.78 bits per heavy atom. The van der Waals surface area contributed by atoms with Crippen LogP contribution in [0.2, 0.25) is 0 Å². The second-order valence-corrected chi connectivity index (χ2v) is 5.14. The highest BCUT2D eigenvalue weighted by molar-refractivity contribution is 7.10. The summed E-state index contributed by atoms with van der Waals surface area (Å²) in [6.45, 7) is 4.03. The van der Waals surface area contributed by atoms with E-state index < -0.39 is 0 Å². The molecular weight excluding hydrogens is 242 g/mol. The molecule has 1 aromatic heterocycles. The molecular formula is C15H15NOS. The summed E-state index contributed by atoms with van der Waals surface area (Å²) in [4.78, 5) is 12.8. The van der Waals surface area contributed by atoms with E-state index in [-0.39, 0.29) is 5.91 Å². The number of nitrogens with one attached hydrogen (secondary N) is 1. The van der Waals surface area contributed by atoms with Crippen molar-refractivity contribution in [1.29, 1.82) is 0 Å². The SMILES string of the molecule is Cc1ccc(NC(=O)C=Cc2cccs2)c(C)c1. The highest BCUT2D eigenvalue weighted by Crippen LogP contribution is 2.16. The molecule has 0 fully saturated rings. The molecule has 1 heterocycles. The Hall–Kier alpha value is -1.87. The minimum Gasteiger partial charge on any atom is -0.322 e. The number of carbonyl (C=O) groups excluding carboxylic acids is 1. The Kier molecular flexibility index (Phi) is 3.95. The van der Waals surface area contributed by atoms with Gasteiger partial charge in [0.1, 0.15) is 0 Å². The van der Waals surface area contributed by atoms with Crippen LogP contribution in [-0.2, 0) is 4.79 Å². The summed E-state index contributed by atoms with van der Waals surface area (Å²) in [5, 5.41) is 4.87. The first-order valence-electron chi connectivity index (χ1n) is 5.75. The monoisotopic (exact) mass is 257 g/mol. The highest BCUT2D eigenvalue weighted by Gasteiger charge is 2.01. The highest BCUT2D eigenvalue weighted by atomic mass is 32.1. The summed E-state index contributed by atoms with van der Waals surface area (Å²) >= 11 is 1.61. The van der Waals surface area contributed by atoms with E-state index in [0.29, 0.717) is 0 Å². The van der Waals surface area contributed by atoms with Crippen LogP contribution in [0.1, 0.15) is 16.0 Å². The van der Waals surface area contributed by atoms with Crippen molar-refractivity contribution >= 4 is 29.0 Å². The molecule has 1 N–H and O–H groups in total. The zero-order valence-electron chi connectivity index (χ0n) is 10.4. The van der Waals surface area contributed by atoms with E-state index in [4.69, 9.17) is 0 Å². The third kappa shape index (κ3) is 3.31. The Labute approximate surface area is 111 Å². The fraction of sp³-hybridized carbons (Fsp3) is 0.133. The molecule has 0 aliphatic rings. The summed E-state index contributed by atoms with van der Waals surface area (Å²) in [6.07, 6.45) is 3.38. The molecule has 0 saturated carbocycles. The molecule has 2 nitrogen and oxygen atoms in total. The van der Waals surface area contributed by atoms with E-state index in [0.717, 1.165) is 16.1 Å². The van der Waals surface area contributed by atoms with Crippen molar-refractivity contribution in [2.24, 2.45) is 0 Å². The molecule has 2 aromatic rings. The first-order chi connectivity index (χ1) is 8.65. The minimum atomic E-state index is -0.102. The van der Waals surface area contributed by atoms with Gasteiger partial charge in [-0.1, -0.05) is 23.8 Å². The normalized spacial score (nSPS) is 10.8. The molecule has 18 heavy (non-hydrogen) atoms. The van der Waals surface area contributed by atoms with Crippen molar-refractivity contribution in [3.05, 3.63) is 57.8 Å². The number of amides is 1. The van der Waals surface area contributed by atoms with Crippen molar-refractivity contribution in [1.82, 2.24) is 0 Å². The number of benzene rings is 1. The molecule has 0 bridgehead atoms. The van der Waals surface area contributed by atoms with Gasteiger partial charge < -0.3 is 5.32 Å². The minimum absolute atomic E-state index is 0.102. The molecule has 92 valence electrons. The van der Waals surface area contributed by atoms with Gasteiger partial charge >= 0.3 is 0 Å². The van der Waals surface area contributed by atoms with Crippen molar-refractivity contribution in [2.45, 2.75) is 13.8 Å². The molecule has 0 spiro atoms. The largest absolute Gasteiger partial charge is 0.322 e. The molecule has 0 aliphatic carbocycles. The maximum Gasteiger partial charge on any atom is 0.248 e. The average Bonchev–Trinajstić information content (AvgIpc) is 2.83. The zero-order valence-corrected chi connectivity index (χ0v) is 11.3. The maximum absolute atomic E-state index is 11.8. The fourth-order valence-corrected chi connectivity index (χ4v) is 2.29. The van der Waals surface area contributed by atoms with Crippen LogP contribution in [0, 0.1) is 13.8 Å². The van der Waals surface area contributed by atoms with Gasteiger partial charge in [0, 0.05) is 16.6 Å². The number of hydrogen-bond donors (Lipinski definition) is 1. The number of rotatable bonds is 3. The summed E-state index contributed by atoms with van der Waals surface area (Å²) in [6, 6.07) is 9.92. The lowest BCUT2D eigenvalue weighted by atomic mass is 10.1. The van der Waals surface area contributed by atoms with E-state index in [9.17, 15) is 4.79 Å². The van der Waals surface area contributed by atoms with Gasteiger partial charge in [-0.25, -0.2) is 0 Å². The maximum atomic E-state index is 11.8. The molecule has 0 aliphatic heterocycles. The molecule has 1 aromatic carbocycles. The van der Waals surface area contributed by atoms with Crippen LogP contribution in [0.5, 0.6) is 0 Å². The van der Waals surface area contributed by atoms with Gasteiger partial charge in [-0.3, -0.25) is 4.79 Å². The second-order valence-electron chi connectivity index (χ2n) is 4.16. The van der Waals surface area contributed by atoms with Gasteiger partial charge in [0.25, 0.3) is 0 Å². The van der Waals surface area contributed by atoms with Gasteiger partial charge in [0.15, 0.2) is 0 Å². The van der Waals surface area contributed by atoms with E-state index >= 15 is 0 Å². The third-order valence-electron chi connectivity index (χ3n) is 2.58. The number of thiophene rings is 1. The van der Waals surface area contributed by atoms with E-state index in [2.05, 4.69) is 11.4 Å². The fourth-order valence-electron chi connectivity index (χ4n) is 1.67. The predicted octanol–water partition coefficient (Wildman–Crippen LogP) is 4.02. The molecule has 0 saturated heterocycles. The molecule has 3 heteroatoms. The summed E-state index contributed by atoms with van der Waals surface area (Å²) in [5.41, 5.74) is 3.13. The Bertz CT molecular complexity index is 570. The second kappa shape index (κ2) is 5.65. The number of carbonyl (C=O) groups is 1. The van der Waals surface area contributed by atoms with Crippen molar-refractivity contribution < 1.29 is 4.79 Å². The number of anilines is 1. The molecule has 2 rings (SSSR count). The van der Waals surface area contributed by atoms with Crippen molar-refractivity contribution in [3.63, 3.8) is 0 Å². The van der Waals surface area contributed by atoms with E-state index in [1.165, 1.54) is 5.56 Å². The molecule has 0 radical (unpaired) electrons. The van der Waals surface area contributed by atoms with Crippen LogP contribution >= 0.6 is 11.3 Å². The van der Waals surface area contributed by atoms with Crippen LogP contribution < -0.4 is 5.32 Å². The first kappa shape index (κ1) is 12.6. The van der Waals surface area contributed by atoms with Gasteiger partial charge in [-0.15, -0.1) is 11.3 Å². The van der Waals surface area contributed by atoms with Crippen LogP contribution in [0.3, 0.4) is 0 Å². The molecule has 0 unspecified atom stereocenters. The molecule has 1 amide bonds. The first-order valence-corrected chi connectivity index (χ1v) is 6.63. The molecule has 0 atom stereocenters. The summed E-state index contributed by atoms with van der Waals surface area (Å²) in [7, 11) is 0. The third-order valence-corrected chi connectivity index (χ3v) is 3.42. The van der Waals surface area contributed by atoms with E-state index in [1.54, 1.807) is 17.4 Å². The smallest absolute Gasteiger partial charge is 0.248 e. The van der Waals surface area contributed by atoms with Gasteiger partial charge in [0.05, 0.1) is 0 Å². The standard InChI is InChI=1S/C15H15NOS/c1-11-5-7-14(12(2)10-11)16-15(17)8-6-13-4-3-9-18-13/h3-10H,1-2H3,(H,16,17). The predicted molar refractivity (Wildman–Crippen MR) is 77.9 cm³/mol. The summed E-state index contributed by atoms with van der Waals surface area (Å²) in [5.74, 6) is -0.102. The van der Waals surface area contributed by atoms with E-state index in [1.807, 2.05) is 49.6 Å². The number of hydrogen-bond acceptors (Lipinski definition) is 2. The average molecular weight is 257 g/mol. The van der Waals surface area contributed by atoms with Crippen LogP contribution in [0.15, 0.2) is 41.8 Å². The van der Waals surface area contributed by atoms with Gasteiger partial charge in [-0.05, 0) is 43.0 Å². The van der Waals surface area contributed by atoms with Crippen LogP contribution in [0.4, 0.5) is 5.69 Å². The number of aryl methyl sites for hydroxylation is 2. The van der Waals surface area contributed by atoms with Crippen molar-refractivity contribution in [2.75, 3.05) is 5.32 Å². The topological polar surface area (TPSA) is 29.1 Å². The van der Waals surface area contributed by atoms with Gasteiger partial charge in [0.2, 0.25) is 5.91 Å². The van der Waals surface area contributed by atoms with Crippen LogP contribution in [0.25, 0.3) is 6.08 Å². The Balaban J connectivity index is 2.03. The Morgan fingerprint density at radius 1 is 1.28 bits per heavy atom.